The molecule has 1 aromatic carbocycles. The normalized spacial score (nSPS) is 10.5. The van der Waals surface area contributed by atoms with Crippen LogP contribution in [0.2, 0.25) is 0 Å². The minimum Gasteiger partial charge on any atom is -0.477 e. The highest BCUT2D eigenvalue weighted by Gasteiger charge is 2.17. The molecule has 0 saturated heterocycles. The van der Waals surface area contributed by atoms with Crippen molar-refractivity contribution in [2.75, 3.05) is 0 Å². The Morgan fingerprint density at radius 2 is 1.95 bits per heavy atom. The fourth-order valence-electron chi connectivity index (χ4n) is 1.83. The first kappa shape index (κ1) is 13.0. The number of carboxylic acids is 1. The Morgan fingerprint density at radius 1 is 1.26 bits per heavy atom. The zero-order valence-electron chi connectivity index (χ0n) is 10.5. The Kier molecular flexibility index (Phi) is 3.21. The van der Waals surface area contributed by atoms with E-state index < -0.39 is 11.8 Å². The molecule has 19 heavy (non-hydrogen) atoms. The summed E-state index contributed by atoms with van der Waals surface area (Å²) in [5.41, 5.74) is 0.929. The minimum atomic E-state index is -1.22. The van der Waals surface area contributed by atoms with Crippen molar-refractivity contribution in [1.82, 2.24) is 4.57 Å². The van der Waals surface area contributed by atoms with E-state index in [1.807, 2.05) is 0 Å². The molecule has 2 aromatic rings. The summed E-state index contributed by atoms with van der Waals surface area (Å²) in [5, 5.41) is 9.11. The van der Waals surface area contributed by atoms with Gasteiger partial charge >= 0.3 is 5.97 Å². The Labute approximate surface area is 109 Å². The van der Waals surface area contributed by atoms with Crippen molar-refractivity contribution in [2.45, 2.75) is 13.8 Å². The molecule has 0 bridgehead atoms. The van der Waals surface area contributed by atoms with Gasteiger partial charge in [0.15, 0.2) is 5.78 Å². The van der Waals surface area contributed by atoms with Crippen molar-refractivity contribution in [3.8, 4) is 5.69 Å². The lowest BCUT2D eigenvalue weighted by Crippen LogP contribution is -2.07. The molecule has 0 aliphatic rings. The van der Waals surface area contributed by atoms with E-state index in [4.69, 9.17) is 5.11 Å². The zero-order chi connectivity index (χ0) is 14.2. The molecule has 5 heteroatoms. The SMILES string of the molecule is CC(=O)c1cc(C(=O)O)n(-c2ccc(C)cc2F)c1. The molecule has 0 atom stereocenters. The summed E-state index contributed by atoms with van der Waals surface area (Å²) in [6.45, 7) is 3.07. The van der Waals surface area contributed by atoms with Gasteiger partial charge in [-0.05, 0) is 37.6 Å². The van der Waals surface area contributed by atoms with Gasteiger partial charge in [0.1, 0.15) is 11.5 Å². The quantitative estimate of drug-likeness (QED) is 0.864. The monoisotopic (exact) mass is 261 g/mol. The molecular weight excluding hydrogens is 249 g/mol. The van der Waals surface area contributed by atoms with Crippen LogP contribution in [0, 0.1) is 12.7 Å². The van der Waals surface area contributed by atoms with Crippen molar-refractivity contribution in [1.29, 1.82) is 0 Å². The van der Waals surface area contributed by atoms with Crippen LogP contribution in [0.1, 0.15) is 33.3 Å². The van der Waals surface area contributed by atoms with Gasteiger partial charge in [-0.25, -0.2) is 9.18 Å². The highest BCUT2D eigenvalue weighted by atomic mass is 19.1. The number of hydrogen-bond donors (Lipinski definition) is 1. The number of rotatable bonds is 3. The molecule has 2 rings (SSSR count). The van der Waals surface area contributed by atoms with E-state index in [9.17, 15) is 14.0 Å². The summed E-state index contributed by atoms with van der Waals surface area (Å²) in [6.07, 6.45) is 1.33. The molecule has 4 nitrogen and oxygen atoms in total. The van der Waals surface area contributed by atoms with Crippen LogP contribution in [-0.2, 0) is 0 Å². The van der Waals surface area contributed by atoms with Crippen molar-refractivity contribution >= 4 is 11.8 Å². The molecular formula is C14H12FNO3. The fraction of sp³-hybridized carbons (Fsp3) is 0.143. The summed E-state index contributed by atoms with van der Waals surface area (Å²) in [4.78, 5) is 22.5. The molecule has 0 aliphatic heterocycles. The minimum absolute atomic E-state index is 0.107. The number of ketones is 1. The number of benzene rings is 1. The second-order valence-electron chi connectivity index (χ2n) is 4.30. The lowest BCUT2D eigenvalue weighted by molar-refractivity contribution is 0.0688. The number of carbonyl (C=O) groups is 2. The number of aryl methyl sites for hydroxylation is 1. The van der Waals surface area contributed by atoms with Gasteiger partial charge in [-0.3, -0.25) is 4.79 Å². The van der Waals surface area contributed by atoms with Gasteiger partial charge in [0.05, 0.1) is 5.69 Å². The van der Waals surface area contributed by atoms with Crippen LogP contribution in [0.5, 0.6) is 0 Å². The van der Waals surface area contributed by atoms with Crippen LogP contribution in [0.3, 0.4) is 0 Å². The lowest BCUT2D eigenvalue weighted by atomic mass is 10.2. The molecule has 0 aliphatic carbocycles. The third-order valence-electron chi connectivity index (χ3n) is 2.81. The summed E-state index contributed by atoms with van der Waals surface area (Å²) >= 11 is 0. The lowest BCUT2D eigenvalue weighted by Gasteiger charge is -2.08. The van der Waals surface area contributed by atoms with Gasteiger partial charge in [-0.2, -0.15) is 0 Å². The van der Waals surface area contributed by atoms with Crippen molar-refractivity contribution in [3.05, 3.63) is 53.1 Å². The van der Waals surface area contributed by atoms with Crippen molar-refractivity contribution in [2.24, 2.45) is 0 Å². The molecule has 0 unspecified atom stereocenters. The second kappa shape index (κ2) is 4.68. The van der Waals surface area contributed by atoms with E-state index in [-0.39, 0.29) is 22.7 Å². The van der Waals surface area contributed by atoms with Gasteiger partial charge in [0.2, 0.25) is 0 Å². The Hall–Kier alpha value is -2.43. The van der Waals surface area contributed by atoms with Gasteiger partial charge in [-0.1, -0.05) is 6.07 Å². The smallest absolute Gasteiger partial charge is 0.352 e. The van der Waals surface area contributed by atoms with Crippen molar-refractivity contribution in [3.63, 3.8) is 0 Å². The molecule has 0 fully saturated rings. The number of aromatic nitrogens is 1. The topological polar surface area (TPSA) is 59.3 Å². The Bertz CT molecular complexity index is 673. The van der Waals surface area contributed by atoms with E-state index in [1.165, 1.54) is 35.9 Å². The average Bonchev–Trinajstić information content (AvgIpc) is 2.73. The van der Waals surface area contributed by atoms with Crippen molar-refractivity contribution < 1.29 is 19.1 Å². The summed E-state index contributed by atoms with van der Waals surface area (Å²) < 4.78 is 15.1. The number of nitrogens with zero attached hydrogens (tertiary/aromatic N) is 1. The van der Waals surface area contributed by atoms with Crippen LogP contribution < -0.4 is 0 Å². The van der Waals surface area contributed by atoms with E-state index in [0.717, 1.165) is 5.56 Å². The zero-order valence-corrected chi connectivity index (χ0v) is 10.5. The highest BCUT2D eigenvalue weighted by molar-refractivity contribution is 5.97. The molecule has 1 aromatic heterocycles. The van der Waals surface area contributed by atoms with E-state index >= 15 is 0 Å². The number of halogens is 1. The fourth-order valence-corrected chi connectivity index (χ4v) is 1.83. The predicted molar refractivity (Wildman–Crippen MR) is 67.4 cm³/mol. The summed E-state index contributed by atoms with van der Waals surface area (Å²) in [5.74, 6) is -2.02. The predicted octanol–water partition coefficient (Wildman–Crippen LogP) is 2.83. The Morgan fingerprint density at radius 3 is 2.47 bits per heavy atom. The summed E-state index contributed by atoms with van der Waals surface area (Å²) in [7, 11) is 0. The number of hydrogen-bond acceptors (Lipinski definition) is 2. The van der Waals surface area contributed by atoms with E-state index in [1.54, 1.807) is 13.0 Å². The maximum atomic E-state index is 13.9. The van der Waals surface area contributed by atoms with E-state index in [2.05, 4.69) is 0 Å². The number of Topliss-reactive ketones (excluding diaryl/α,β-unsaturated/α-hetero) is 1. The van der Waals surface area contributed by atoms with Gasteiger partial charge in [0.25, 0.3) is 0 Å². The Balaban J connectivity index is 2.66. The molecule has 0 amide bonds. The molecule has 0 spiro atoms. The van der Waals surface area contributed by atoms with Crippen LogP contribution in [0.25, 0.3) is 5.69 Å². The van der Waals surface area contributed by atoms with Gasteiger partial charge in [0, 0.05) is 11.8 Å². The first-order chi connectivity index (χ1) is 8.90. The third kappa shape index (κ3) is 2.40. The molecule has 0 saturated carbocycles. The molecule has 1 N–H and O–H groups in total. The van der Waals surface area contributed by atoms with Crippen LogP contribution in [0.15, 0.2) is 30.5 Å². The maximum absolute atomic E-state index is 13.9. The van der Waals surface area contributed by atoms with Gasteiger partial charge < -0.3 is 9.67 Å². The van der Waals surface area contributed by atoms with Crippen LogP contribution in [0.4, 0.5) is 4.39 Å². The maximum Gasteiger partial charge on any atom is 0.352 e. The van der Waals surface area contributed by atoms with Crippen LogP contribution in [-0.4, -0.2) is 21.4 Å². The molecule has 1 heterocycles. The number of aromatic carboxylic acids is 1. The number of carboxylic acid groups (broad SMARTS) is 1. The summed E-state index contributed by atoms with van der Waals surface area (Å²) in [6, 6.07) is 5.72. The first-order valence-corrected chi connectivity index (χ1v) is 5.63. The number of carbonyl (C=O) groups excluding carboxylic acids is 1. The largest absolute Gasteiger partial charge is 0.477 e. The van der Waals surface area contributed by atoms with Gasteiger partial charge in [-0.15, -0.1) is 0 Å². The average molecular weight is 261 g/mol. The molecule has 98 valence electrons. The van der Waals surface area contributed by atoms with Crippen LogP contribution >= 0.6 is 0 Å². The molecule has 0 radical (unpaired) electrons. The van der Waals surface area contributed by atoms with E-state index in [0.29, 0.717) is 0 Å². The highest BCUT2D eigenvalue weighted by Crippen LogP contribution is 2.20. The second-order valence-corrected chi connectivity index (χ2v) is 4.30. The first-order valence-electron chi connectivity index (χ1n) is 5.63. The third-order valence-corrected chi connectivity index (χ3v) is 2.81. The standard InChI is InChI=1S/C14H12FNO3/c1-8-3-4-12(11(15)5-8)16-7-10(9(2)17)6-13(16)14(18)19/h3-7H,1-2H3,(H,18,19).